The SMILES string of the molecule is C1CCC(C2CN(C3CCN(C4CC4)C3)CCN2)CC1. The van der Waals surface area contributed by atoms with Crippen molar-refractivity contribution in [2.45, 2.75) is 69.5 Å². The van der Waals surface area contributed by atoms with E-state index in [-0.39, 0.29) is 0 Å². The van der Waals surface area contributed by atoms with Crippen LogP contribution in [0.2, 0.25) is 0 Å². The van der Waals surface area contributed by atoms with E-state index in [2.05, 4.69) is 15.1 Å². The summed E-state index contributed by atoms with van der Waals surface area (Å²) in [7, 11) is 0. The quantitative estimate of drug-likeness (QED) is 0.852. The van der Waals surface area contributed by atoms with Crippen LogP contribution in [0.25, 0.3) is 0 Å². The van der Waals surface area contributed by atoms with Gasteiger partial charge in [0.25, 0.3) is 0 Å². The van der Waals surface area contributed by atoms with Gasteiger partial charge in [-0.05, 0) is 38.0 Å². The molecule has 0 amide bonds. The number of hydrogen-bond acceptors (Lipinski definition) is 3. The summed E-state index contributed by atoms with van der Waals surface area (Å²) >= 11 is 0. The second-order valence-electron chi connectivity index (χ2n) is 7.62. The molecule has 0 radical (unpaired) electrons. The van der Waals surface area contributed by atoms with Crippen molar-refractivity contribution in [2.75, 3.05) is 32.7 Å². The highest BCUT2D eigenvalue weighted by Crippen LogP contribution is 2.32. The Bertz CT molecular complexity index is 322. The first-order chi connectivity index (χ1) is 9.90. The van der Waals surface area contributed by atoms with E-state index in [1.165, 1.54) is 84.1 Å². The number of nitrogens with zero attached hydrogens (tertiary/aromatic N) is 2. The Balaban J connectivity index is 1.32. The van der Waals surface area contributed by atoms with E-state index in [0.29, 0.717) is 0 Å². The van der Waals surface area contributed by atoms with Crippen molar-refractivity contribution in [1.82, 2.24) is 15.1 Å². The van der Waals surface area contributed by atoms with Gasteiger partial charge in [-0.2, -0.15) is 0 Å². The molecule has 4 fully saturated rings. The highest BCUT2D eigenvalue weighted by Gasteiger charge is 2.38. The summed E-state index contributed by atoms with van der Waals surface area (Å²) in [6.45, 7) is 6.57. The third kappa shape index (κ3) is 2.90. The van der Waals surface area contributed by atoms with E-state index in [9.17, 15) is 0 Å². The Labute approximate surface area is 124 Å². The Morgan fingerprint density at radius 2 is 1.50 bits per heavy atom. The lowest BCUT2D eigenvalue weighted by Crippen LogP contribution is -2.57. The summed E-state index contributed by atoms with van der Waals surface area (Å²) in [4.78, 5) is 5.60. The molecule has 2 aliphatic heterocycles. The van der Waals surface area contributed by atoms with Crippen LogP contribution in [-0.4, -0.2) is 60.6 Å². The molecule has 0 aromatic rings. The predicted molar refractivity (Wildman–Crippen MR) is 82.9 cm³/mol. The lowest BCUT2D eigenvalue weighted by Gasteiger charge is -2.41. The van der Waals surface area contributed by atoms with Gasteiger partial charge in [0.15, 0.2) is 0 Å². The molecule has 0 aromatic carbocycles. The topological polar surface area (TPSA) is 18.5 Å². The van der Waals surface area contributed by atoms with Crippen LogP contribution in [0.15, 0.2) is 0 Å². The molecule has 20 heavy (non-hydrogen) atoms. The zero-order valence-electron chi connectivity index (χ0n) is 12.9. The molecule has 0 spiro atoms. The van der Waals surface area contributed by atoms with Gasteiger partial charge in [-0.25, -0.2) is 0 Å². The molecule has 4 aliphatic rings. The Hall–Kier alpha value is -0.120. The molecule has 2 saturated carbocycles. The molecule has 2 unspecified atom stereocenters. The first-order valence-corrected chi connectivity index (χ1v) is 9.11. The number of hydrogen-bond donors (Lipinski definition) is 1. The third-order valence-corrected chi connectivity index (χ3v) is 6.23. The van der Waals surface area contributed by atoms with Crippen molar-refractivity contribution < 1.29 is 0 Å². The molecule has 3 nitrogen and oxygen atoms in total. The summed E-state index contributed by atoms with van der Waals surface area (Å²) in [5.74, 6) is 0.965. The van der Waals surface area contributed by atoms with E-state index in [0.717, 1.165) is 24.0 Å². The monoisotopic (exact) mass is 277 g/mol. The second-order valence-corrected chi connectivity index (χ2v) is 7.62. The van der Waals surface area contributed by atoms with Gasteiger partial charge in [-0.15, -0.1) is 0 Å². The number of likely N-dealkylation sites (tertiary alicyclic amines) is 1. The van der Waals surface area contributed by atoms with E-state index in [1.807, 2.05) is 0 Å². The Morgan fingerprint density at radius 1 is 0.700 bits per heavy atom. The molecule has 3 heteroatoms. The maximum Gasteiger partial charge on any atom is 0.0236 e. The van der Waals surface area contributed by atoms with Crippen LogP contribution in [0.4, 0.5) is 0 Å². The predicted octanol–water partition coefficient (Wildman–Crippen LogP) is 2.08. The summed E-state index contributed by atoms with van der Waals surface area (Å²) in [6, 6.07) is 2.62. The number of rotatable bonds is 3. The Morgan fingerprint density at radius 3 is 2.30 bits per heavy atom. The van der Waals surface area contributed by atoms with E-state index < -0.39 is 0 Å². The van der Waals surface area contributed by atoms with Gasteiger partial charge in [0.05, 0.1) is 0 Å². The van der Waals surface area contributed by atoms with Crippen molar-refractivity contribution in [1.29, 1.82) is 0 Å². The summed E-state index contributed by atoms with van der Waals surface area (Å²) in [6.07, 6.45) is 11.7. The molecule has 2 aliphatic carbocycles. The minimum atomic E-state index is 0.791. The first-order valence-electron chi connectivity index (χ1n) is 9.11. The fourth-order valence-electron chi connectivity index (χ4n) is 4.82. The van der Waals surface area contributed by atoms with Gasteiger partial charge >= 0.3 is 0 Å². The molecule has 0 bridgehead atoms. The molecule has 4 rings (SSSR count). The van der Waals surface area contributed by atoms with Crippen molar-refractivity contribution in [2.24, 2.45) is 5.92 Å². The highest BCUT2D eigenvalue weighted by molar-refractivity contribution is 4.95. The second kappa shape index (κ2) is 5.94. The van der Waals surface area contributed by atoms with Crippen molar-refractivity contribution in [3.63, 3.8) is 0 Å². The molecule has 2 saturated heterocycles. The number of nitrogens with one attached hydrogen (secondary N) is 1. The molecule has 1 N–H and O–H groups in total. The van der Waals surface area contributed by atoms with Gasteiger partial charge in [0, 0.05) is 50.8 Å². The lowest BCUT2D eigenvalue weighted by atomic mass is 9.83. The minimum Gasteiger partial charge on any atom is -0.311 e. The third-order valence-electron chi connectivity index (χ3n) is 6.23. The minimum absolute atomic E-state index is 0.791. The van der Waals surface area contributed by atoms with Crippen LogP contribution in [0.1, 0.15) is 51.4 Å². The maximum absolute atomic E-state index is 3.83. The Kier molecular flexibility index (Phi) is 4.02. The molecule has 0 aromatic heterocycles. The van der Waals surface area contributed by atoms with E-state index >= 15 is 0 Å². The van der Waals surface area contributed by atoms with E-state index in [1.54, 1.807) is 0 Å². The first kappa shape index (κ1) is 13.5. The zero-order chi connectivity index (χ0) is 13.4. The lowest BCUT2D eigenvalue weighted by molar-refractivity contribution is 0.109. The summed E-state index contributed by atoms with van der Waals surface area (Å²) in [5, 5.41) is 3.83. The smallest absolute Gasteiger partial charge is 0.0236 e. The average molecular weight is 277 g/mol. The molecule has 2 atom stereocenters. The van der Waals surface area contributed by atoms with Crippen LogP contribution in [0, 0.1) is 5.92 Å². The summed E-state index contributed by atoms with van der Waals surface area (Å²) < 4.78 is 0. The van der Waals surface area contributed by atoms with Crippen LogP contribution < -0.4 is 5.32 Å². The van der Waals surface area contributed by atoms with Crippen molar-refractivity contribution >= 4 is 0 Å². The molecular weight excluding hydrogens is 246 g/mol. The van der Waals surface area contributed by atoms with Gasteiger partial charge in [-0.1, -0.05) is 19.3 Å². The largest absolute Gasteiger partial charge is 0.311 e. The van der Waals surface area contributed by atoms with Gasteiger partial charge in [0.2, 0.25) is 0 Å². The highest BCUT2D eigenvalue weighted by atomic mass is 15.3. The summed E-state index contributed by atoms with van der Waals surface area (Å²) in [5.41, 5.74) is 0. The molecular formula is C17H31N3. The zero-order valence-corrected chi connectivity index (χ0v) is 12.9. The standard InChI is InChI=1S/C17H31N3/c1-2-4-14(5-3-1)17-13-20(11-9-18-17)16-8-10-19(12-16)15-6-7-15/h14-18H,1-13H2. The fraction of sp³-hybridized carbons (Fsp3) is 1.00. The van der Waals surface area contributed by atoms with Crippen LogP contribution in [-0.2, 0) is 0 Å². The van der Waals surface area contributed by atoms with Crippen molar-refractivity contribution in [3.05, 3.63) is 0 Å². The normalized spacial score (nSPS) is 38.4. The fourth-order valence-corrected chi connectivity index (χ4v) is 4.82. The van der Waals surface area contributed by atoms with E-state index in [4.69, 9.17) is 0 Å². The molecule has 2 heterocycles. The van der Waals surface area contributed by atoms with Gasteiger partial charge in [0.1, 0.15) is 0 Å². The molecule has 114 valence electrons. The number of piperazine rings is 1. The van der Waals surface area contributed by atoms with Gasteiger partial charge in [-0.3, -0.25) is 9.80 Å². The van der Waals surface area contributed by atoms with Crippen molar-refractivity contribution in [3.8, 4) is 0 Å². The maximum atomic E-state index is 3.83. The average Bonchev–Trinajstić information content (AvgIpc) is 3.26. The van der Waals surface area contributed by atoms with Crippen LogP contribution in [0.3, 0.4) is 0 Å². The van der Waals surface area contributed by atoms with Crippen LogP contribution >= 0.6 is 0 Å². The van der Waals surface area contributed by atoms with Gasteiger partial charge < -0.3 is 5.32 Å². The van der Waals surface area contributed by atoms with Crippen LogP contribution in [0.5, 0.6) is 0 Å².